The normalized spacial score (nSPS) is 21.8. The standard InChI is InChI=1S/C24H32N4O/c1-18(19-9-3-2-4-10-19)28-24(14-7-8-15-24)17-26-23(25)27-21-13-16-29-22-12-6-5-11-20(21)22/h2-6,9-12,18,21,28H,7-8,13-17H2,1H3,(H3,25,26,27). The van der Waals surface area contributed by atoms with Crippen LogP contribution in [0.15, 0.2) is 59.6 Å². The molecule has 0 saturated heterocycles. The Kier molecular flexibility index (Phi) is 6.05. The number of hydrogen-bond donors (Lipinski definition) is 3. The summed E-state index contributed by atoms with van der Waals surface area (Å²) in [5.41, 5.74) is 8.80. The molecule has 4 rings (SSSR count). The maximum absolute atomic E-state index is 6.31. The number of nitrogens with zero attached hydrogens (tertiary/aromatic N) is 1. The first-order chi connectivity index (χ1) is 14.2. The predicted octanol–water partition coefficient (Wildman–Crippen LogP) is 4.08. The molecule has 0 amide bonds. The third kappa shape index (κ3) is 4.73. The van der Waals surface area contributed by atoms with Crippen LogP contribution in [0.3, 0.4) is 0 Å². The van der Waals surface area contributed by atoms with Crippen LogP contribution in [0.2, 0.25) is 0 Å². The summed E-state index contributed by atoms with van der Waals surface area (Å²) in [7, 11) is 0. The molecule has 1 fully saturated rings. The summed E-state index contributed by atoms with van der Waals surface area (Å²) in [6.45, 7) is 3.63. The van der Waals surface area contributed by atoms with Gasteiger partial charge in [0.2, 0.25) is 0 Å². The van der Waals surface area contributed by atoms with Crippen LogP contribution in [-0.4, -0.2) is 24.7 Å². The van der Waals surface area contributed by atoms with E-state index in [0.29, 0.717) is 25.2 Å². The lowest BCUT2D eigenvalue weighted by Gasteiger charge is -2.33. The molecule has 2 unspecified atom stereocenters. The second kappa shape index (κ2) is 8.87. The van der Waals surface area contributed by atoms with E-state index in [1.165, 1.54) is 18.4 Å². The fraction of sp³-hybridized carbons (Fsp3) is 0.458. The van der Waals surface area contributed by atoms with E-state index in [-0.39, 0.29) is 11.6 Å². The molecule has 1 saturated carbocycles. The lowest BCUT2D eigenvalue weighted by molar-refractivity contribution is 0.261. The van der Waals surface area contributed by atoms with Crippen molar-refractivity contribution in [2.24, 2.45) is 10.7 Å². The number of ether oxygens (including phenoxy) is 1. The number of rotatable bonds is 6. The summed E-state index contributed by atoms with van der Waals surface area (Å²) >= 11 is 0. The quantitative estimate of drug-likeness (QED) is 0.512. The Hall–Kier alpha value is -2.53. The summed E-state index contributed by atoms with van der Waals surface area (Å²) in [4.78, 5) is 4.77. The van der Waals surface area contributed by atoms with Crippen LogP contribution in [0.25, 0.3) is 0 Å². The van der Waals surface area contributed by atoms with Gasteiger partial charge in [-0.15, -0.1) is 0 Å². The van der Waals surface area contributed by atoms with Crippen LogP contribution in [0, 0.1) is 0 Å². The van der Waals surface area contributed by atoms with Gasteiger partial charge >= 0.3 is 0 Å². The molecule has 0 radical (unpaired) electrons. The van der Waals surface area contributed by atoms with Crippen molar-refractivity contribution in [3.8, 4) is 5.75 Å². The van der Waals surface area contributed by atoms with E-state index in [1.54, 1.807) is 0 Å². The molecule has 5 heteroatoms. The van der Waals surface area contributed by atoms with Crippen LogP contribution in [0.5, 0.6) is 5.75 Å². The highest BCUT2D eigenvalue weighted by Crippen LogP contribution is 2.33. The first kappa shape index (κ1) is 19.8. The molecule has 154 valence electrons. The van der Waals surface area contributed by atoms with Gasteiger partial charge in [0.25, 0.3) is 0 Å². The Morgan fingerprint density at radius 1 is 1.14 bits per heavy atom. The molecule has 2 atom stereocenters. The van der Waals surface area contributed by atoms with Crippen molar-refractivity contribution in [2.45, 2.75) is 56.7 Å². The highest BCUT2D eigenvalue weighted by Gasteiger charge is 2.35. The van der Waals surface area contributed by atoms with Crippen LogP contribution in [0.1, 0.15) is 62.2 Å². The fourth-order valence-corrected chi connectivity index (χ4v) is 4.64. The van der Waals surface area contributed by atoms with E-state index in [4.69, 9.17) is 15.5 Å². The summed E-state index contributed by atoms with van der Waals surface area (Å²) in [6, 6.07) is 19.2. The zero-order valence-electron chi connectivity index (χ0n) is 17.2. The smallest absolute Gasteiger partial charge is 0.189 e. The Morgan fingerprint density at radius 2 is 1.86 bits per heavy atom. The molecule has 29 heavy (non-hydrogen) atoms. The Balaban J connectivity index is 1.42. The lowest BCUT2D eigenvalue weighted by Crippen LogP contribution is -2.48. The molecule has 2 aromatic rings. The summed E-state index contributed by atoms with van der Waals surface area (Å²) in [6.07, 6.45) is 5.65. The number of hydrogen-bond acceptors (Lipinski definition) is 3. The Labute approximate surface area is 173 Å². The van der Waals surface area contributed by atoms with E-state index in [1.807, 2.05) is 18.2 Å². The molecule has 1 aliphatic carbocycles. The third-order valence-electron chi connectivity index (χ3n) is 6.22. The van der Waals surface area contributed by atoms with Crippen LogP contribution in [-0.2, 0) is 0 Å². The van der Waals surface area contributed by atoms with Gasteiger partial charge in [0.1, 0.15) is 5.75 Å². The van der Waals surface area contributed by atoms with Crippen molar-refractivity contribution >= 4 is 5.96 Å². The first-order valence-corrected chi connectivity index (χ1v) is 10.8. The van der Waals surface area contributed by atoms with Crippen molar-refractivity contribution in [1.82, 2.24) is 10.6 Å². The highest BCUT2D eigenvalue weighted by atomic mass is 16.5. The average Bonchev–Trinajstić information content (AvgIpc) is 3.22. The minimum atomic E-state index is 0.0230. The lowest BCUT2D eigenvalue weighted by atomic mass is 9.95. The highest BCUT2D eigenvalue weighted by molar-refractivity contribution is 5.78. The van der Waals surface area contributed by atoms with Gasteiger partial charge in [-0.05, 0) is 31.4 Å². The summed E-state index contributed by atoms with van der Waals surface area (Å²) < 4.78 is 5.75. The van der Waals surface area contributed by atoms with Gasteiger partial charge in [-0.1, -0.05) is 61.4 Å². The van der Waals surface area contributed by atoms with Crippen LogP contribution < -0.4 is 21.1 Å². The van der Waals surface area contributed by atoms with E-state index in [2.05, 4.69) is 54.0 Å². The minimum absolute atomic E-state index is 0.0230. The second-order valence-corrected chi connectivity index (χ2v) is 8.34. The zero-order chi connectivity index (χ0) is 20.1. The number of guanidine groups is 1. The molecule has 4 N–H and O–H groups in total. The predicted molar refractivity (Wildman–Crippen MR) is 118 cm³/mol. The van der Waals surface area contributed by atoms with Crippen molar-refractivity contribution in [2.75, 3.05) is 13.2 Å². The number of benzene rings is 2. The maximum atomic E-state index is 6.31. The van der Waals surface area contributed by atoms with Crippen molar-refractivity contribution < 1.29 is 4.74 Å². The fourth-order valence-electron chi connectivity index (χ4n) is 4.64. The number of para-hydroxylation sites is 1. The molecule has 0 aromatic heterocycles. The van der Waals surface area contributed by atoms with E-state index in [0.717, 1.165) is 30.6 Å². The van der Waals surface area contributed by atoms with Gasteiger partial charge < -0.3 is 21.1 Å². The molecular weight excluding hydrogens is 360 g/mol. The second-order valence-electron chi connectivity index (χ2n) is 8.34. The Morgan fingerprint density at radius 3 is 2.66 bits per heavy atom. The molecular formula is C24H32N4O. The largest absolute Gasteiger partial charge is 0.493 e. The minimum Gasteiger partial charge on any atom is -0.493 e. The van der Waals surface area contributed by atoms with Crippen LogP contribution in [0.4, 0.5) is 0 Å². The van der Waals surface area contributed by atoms with Gasteiger partial charge in [0, 0.05) is 23.6 Å². The molecule has 5 nitrogen and oxygen atoms in total. The van der Waals surface area contributed by atoms with Crippen molar-refractivity contribution in [3.05, 3.63) is 65.7 Å². The van der Waals surface area contributed by atoms with E-state index < -0.39 is 0 Å². The Bertz CT molecular complexity index is 830. The summed E-state index contributed by atoms with van der Waals surface area (Å²) in [5, 5.41) is 7.29. The number of fused-ring (bicyclic) bond motifs is 1. The number of aliphatic imine (C=N–C) groups is 1. The molecule has 1 heterocycles. The van der Waals surface area contributed by atoms with Crippen LogP contribution >= 0.6 is 0 Å². The third-order valence-corrected chi connectivity index (χ3v) is 6.22. The van der Waals surface area contributed by atoms with Gasteiger partial charge in [-0.2, -0.15) is 0 Å². The van der Waals surface area contributed by atoms with E-state index in [9.17, 15) is 0 Å². The molecule has 0 spiro atoms. The van der Waals surface area contributed by atoms with Crippen molar-refractivity contribution in [3.63, 3.8) is 0 Å². The van der Waals surface area contributed by atoms with Gasteiger partial charge in [0.15, 0.2) is 5.96 Å². The van der Waals surface area contributed by atoms with Gasteiger partial charge in [-0.25, -0.2) is 0 Å². The average molecular weight is 393 g/mol. The molecule has 2 aliphatic rings. The zero-order valence-corrected chi connectivity index (χ0v) is 17.2. The summed E-state index contributed by atoms with van der Waals surface area (Å²) in [5.74, 6) is 1.46. The van der Waals surface area contributed by atoms with Gasteiger partial charge in [0.05, 0.1) is 19.2 Å². The van der Waals surface area contributed by atoms with Gasteiger partial charge in [-0.3, -0.25) is 4.99 Å². The van der Waals surface area contributed by atoms with E-state index >= 15 is 0 Å². The molecule has 2 aromatic carbocycles. The number of nitrogens with two attached hydrogens (primary N) is 1. The topological polar surface area (TPSA) is 71.7 Å². The maximum Gasteiger partial charge on any atom is 0.189 e. The number of nitrogens with one attached hydrogen (secondary N) is 2. The molecule has 1 aliphatic heterocycles. The van der Waals surface area contributed by atoms with Crippen molar-refractivity contribution in [1.29, 1.82) is 0 Å². The first-order valence-electron chi connectivity index (χ1n) is 10.8. The monoisotopic (exact) mass is 392 g/mol. The molecule has 0 bridgehead atoms. The SMILES string of the molecule is CC(NC1(CN=C(N)NC2CCOc3ccccc32)CCCC1)c1ccccc1.